The van der Waals surface area contributed by atoms with Gasteiger partial charge in [-0.1, -0.05) is 44.5 Å². The second-order valence-electron chi connectivity index (χ2n) is 6.30. The van der Waals surface area contributed by atoms with Crippen LogP contribution in [0.5, 0.6) is 0 Å². The molecule has 2 heteroatoms. The molecule has 25 heavy (non-hydrogen) atoms. The monoisotopic (exact) mass is 355 g/mol. The maximum absolute atomic E-state index is 4.40. The summed E-state index contributed by atoms with van der Waals surface area (Å²) in [6.07, 6.45) is 7.45. The fraction of sp³-hybridized carbons (Fsp3) is 0.391. The van der Waals surface area contributed by atoms with Crippen molar-refractivity contribution in [3.63, 3.8) is 0 Å². The number of hydrogen-bond donors (Lipinski definition) is 2. The van der Waals surface area contributed by atoms with E-state index in [9.17, 15) is 0 Å². The number of allylic oxidation sites excluding steroid dienone is 1. The van der Waals surface area contributed by atoms with E-state index in [1.165, 1.54) is 34.4 Å². The Balaban J connectivity index is 0.000000705. The smallest absolute Gasteiger partial charge is 0.0370 e. The molecule has 0 spiro atoms. The van der Waals surface area contributed by atoms with Crippen molar-refractivity contribution in [2.24, 2.45) is 0 Å². The molecular weight excluding hydrogens is 322 g/mol. The van der Waals surface area contributed by atoms with Crippen molar-refractivity contribution in [3.8, 4) is 0 Å². The molecule has 136 valence electrons. The minimum Gasteiger partial charge on any atom is -0.388 e. The molecule has 1 N–H and O–H groups in total. The summed E-state index contributed by atoms with van der Waals surface area (Å²) < 4.78 is 0. The van der Waals surface area contributed by atoms with Crippen LogP contribution in [0.2, 0.25) is 0 Å². The SMILES string of the molecule is C=CCC.CCCc1ccc(NC)c(CCc2ccc(S)cc2C)c1. The molecule has 0 aliphatic heterocycles. The van der Waals surface area contributed by atoms with Crippen LogP contribution < -0.4 is 5.32 Å². The first kappa shape index (κ1) is 21.4. The highest BCUT2D eigenvalue weighted by molar-refractivity contribution is 7.80. The number of anilines is 1. The van der Waals surface area contributed by atoms with Crippen LogP contribution in [0.15, 0.2) is 53.9 Å². The minimum atomic E-state index is 1.04. The minimum absolute atomic E-state index is 1.04. The van der Waals surface area contributed by atoms with Gasteiger partial charge in [-0.05, 0) is 73.1 Å². The number of rotatable bonds is 7. The quantitative estimate of drug-likeness (QED) is 0.419. The summed E-state index contributed by atoms with van der Waals surface area (Å²) in [6.45, 7) is 9.94. The van der Waals surface area contributed by atoms with Crippen molar-refractivity contribution in [1.29, 1.82) is 0 Å². The molecule has 0 amide bonds. The van der Waals surface area contributed by atoms with Gasteiger partial charge in [-0.2, -0.15) is 0 Å². The molecule has 0 fully saturated rings. The average molecular weight is 356 g/mol. The van der Waals surface area contributed by atoms with E-state index in [0.29, 0.717) is 0 Å². The van der Waals surface area contributed by atoms with Crippen molar-refractivity contribution in [3.05, 3.63) is 71.3 Å². The summed E-state index contributed by atoms with van der Waals surface area (Å²) >= 11 is 4.40. The number of aryl methyl sites for hydroxylation is 4. The molecule has 0 atom stereocenters. The van der Waals surface area contributed by atoms with Crippen LogP contribution in [-0.4, -0.2) is 7.05 Å². The Bertz CT molecular complexity index is 661. The van der Waals surface area contributed by atoms with E-state index in [4.69, 9.17) is 0 Å². The molecule has 2 aromatic carbocycles. The van der Waals surface area contributed by atoms with Crippen molar-refractivity contribution >= 4 is 18.3 Å². The molecule has 2 rings (SSSR count). The highest BCUT2D eigenvalue weighted by Crippen LogP contribution is 2.22. The lowest BCUT2D eigenvalue weighted by Gasteiger charge is -2.12. The second kappa shape index (κ2) is 11.8. The van der Waals surface area contributed by atoms with Gasteiger partial charge in [-0.25, -0.2) is 0 Å². The van der Waals surface area contributed by atoms with Gasteiger partial charge in [0.05, 0.1) is 0 Å². The lowest BCUT2D eigenvalue weighted by Crippen LogP contribution is -2.00. The Morgan fingerprint density at radius 3 is 2.24 bits per heavy atom. The van der Waals surface area contributed by atoms with Crippen LogP contribution >= 0.6 is 12.6 Å². The molecule has 0 aromatic heterocycles. The molecule has 0 aliphatic carbocycles. The maximum atomic E-state index is 4.40. The Morgan fingerprint density at radius 1 is 1.00 bits per heavy atom. The normalized spacial score (nSPS) is 9.96. The molecule has 0 radical (unpaired) electrons. The number of thiol groups is 1. The second-order valence-corrected chi connectivity index (χ2v) is 6.82. The van der Waals surface area contributed by atoms with Crippen molar-refractivity contribution in [2.75, 3.05) is 12.4 Å². The Kier molecular flexibility index (Phi) is 10.1. The Labute approximate surface area is 160 Å². The number of hydrogen-bond acceptors (Lipinski definition) is 2. The van der Waals surface area contributed by atoms with Gasteiger partial charge in [0.1, 0.15) is 0 Å². The summed E-state index contributed by atoms with van der Waals surface area (Å²) in [4.78, 5) is 1.04. The zero-order valence-electron chi connectivity index (χ0n) is 16.2. The Hall–Kier alpha value is -1.67. The molecule has 0 bridgehead atoms. The summed E-state index contributed by atoms with van der Waals surface area (Å²) in [5.41, 5.74) is 6.85. The van der Waals surface area contributed by atoms with E-state index in [1.807, 2.05) is 13.1 Å². The van der Waals surface area contributed by atoms with Gasteiger partial charge in [0, 0.05) is 17.6 Å². The van der Waals surface area contributed by atoms with Crippen LogP contribution in [0.3, 0.4) is 0 Å². The van der Waals surface area contributed by atoms with Crippen molar-refractivity contribution in [2.45, 2.75) is 57.8 Å². The lowest BCUT2D eigenvalue weighted by atomic mass is 9.97. The van der Waals surface area contributed by atoms with Crippen LogP contribution in [-0.2, 0) is 19.3 Å². The molecule has 1 nitrogen and oxygen atoms in total. The van der Waals surface area contributed by atoms with Crippen LogP contribution in [0, 0.1) is 6.92 Å². The van der Waals surface area contributed by atoms with Gasteiger partial charge >= 0.3 is 0 Å². The van der Waals surface area contributed by atoms with E-state index in [-0.39, 0.29) is 0 Å². The lowest BCUT2D eigenvalue weighted by molar-refractivity contribution is 0.905. The molecule has 2 aromatic rings. The van der Waals surface area contributed by atoms with Gasteiger partial charge in [-0.3, -0.25) is 0 Å². The fourth-order valence-electron chi connectivity index (χ4n) is 2.77. The van der Waals surface area contributed by atoms with Crippen LogP contribution in [0.25, 0.3) is 0 Å². The highest BCUT2D eigenvalue weighted by atomic mass is 32.1. The summed E-state index contributed by atoms with van der Waals surface area (Å²) in [6, 6.07) is 13.2. The highest BCUT2D eigenvalue weighted by Gasteiger charge is 2.05. The first-order valence-corrected chi connectivity index (χ1v) is 9.69. The average Bonchev–Trinajstić information content (AvgIpc) is 2.61. The predicted octanol–water partition coefficient (Wildman–Crippen LogP) is 6.65. The van der Waals surface area contributed by atoms with Gasteiger partial charge < -0.3 is 5.32 Å². The van der Waals surface area contributed by atoms with Crippen molar-refractivity contribution < 1.29 is 0 Å². The van der Waals surface area contributed by atoms with E-state index >= 15 is 0 Å². The maximum Gasteiger partial charge on any atom is 0.0370 e. The standard InChI is InChI=1S/C19H25NS.C4H8/c1-4-5-15-6-11-19(20-3)17(13-15)8-7-16-9-10-18(21)12-14(16)2;1-3-4-2/h6,9-13,20-21H,4-5,7-8H2,1-3H3;3H,1,4H2,2H3. The molecule has 0 aliphatic rings. The number of benzene rings is 2. The third-order valence-electron chi connectivity index (χ3n) is 4.26. The summed E-state index contributed by atoms with van der Waals surface area (Å²) in [5.74, 6) is 0. The Morgan fingerprint density at radius 2 is 1.68 bits per heavy atom. The number of nitrogens with one attached hydrogen (secondary N) is 1. The predicted molar refractivity (Wildman–Crippen MR) is 116 cm³/mol. The zero-order valence-corrected chi connectivity index (χ0v) is 17.1. The largest absolute Gasteiger partial charge is 0.388 e. The van der Waals surface area contributed by atoms with Gasteiger partial charge in [0.2, 0.25) is 0 Å². The van der Waals surface area contributed by atoms with E-state index in [2.05, 4.69) is 81.7 Å². The van der Waals surface area contributed by atoms with Gasteiger partial charge in [0.15, 0.2) is 0 Å². The van der Waals surface area contributed by atoms with E-state index in [1.54, 1.807) is 0 Å². The molecule has 0 heterocycles. The first-order valence-electron chi connectivity index (χ1n) is 9.24. The zero-order chi connectivity index (χ0) is 18.7. The van der Waals surface area contributed by atoms with E-state index in [0.717, 1.165) is 30.6 Å². The van der Waals surface area contributed by atoms with E-state index < -0.39 is 0 Å². The topological polar surface area (TPSA) is 12.0 Å². The summed E-state index contributed by atoms with van der Waals surface area (Å²) in [7, 11) is 2.00. The molecular formula is C23H33NS. The summed E-state index contributed by atoms with van der Waals surface area (Å²) in [5, 5.41) is 3.31. The molecule has 0 saturated heterocycles. The third-order valence-corrected chi connectivity index (χ3v) is 4.53. The van der Waals surface area contributed by atoms with Crippen molar-refractivity contribution in [1.82, 2.24) is 0 Å². The van der Waals surface area contributed by atoms with Crippen LogP contribution in [0.4, 0.5) is 5.69 Å². The van der Waals surface area contributed by atoms with Gasteiger partial charge in [0.25, 0.3) is 0 Å². The van der Waals surface area contributed by atoms with Gasteiger partial charge in [-0.15, -0.1) is 19.2 Å². The third kappa shape index (κ3) is 7.39. The fourth-order valence-corrected chi connectivity index (χ4v) is 3.04. The first-order chi connectivity index (χ1) is 12.0. The molecule has 0 saturated carbocycles. The molecule has 0 unspecified atom stereocenters. The van der Waals surface area contributed by atoms with Crippen LogP contribution in [0.1, 0.15) is 48.9 Å².